The van der Waals surface area contributed by atoms with Gasteiger partial charge in [0, 0.05) is 19.6 Å². The zero-order valence-corrected chi connectivity index (χ0v) is 14.2. The van der Waals surface area contributed by atoms with E-state index in [1.54, 1.807) is 0 Å². The lowest BCUT2D eigenvalue weighted by Crippen LogP contribution is -2.30. The highest BCUT2D eigenvalue weighted by molar-refractivity contribution is 5.87. The second kappa shape index (κ2) is 7.23. The fourth-order valence-corrected chi connectivity index (χ4v) is 3.09. The van der Waals surface area contributed by atoms with Gasteiger partial charge in [-0.3, -0.25) is 0 Å². The summed E-state index contributed by atoms with van der Waals surface area (Å²) in [6.45, 7) is 12.0. The maximum Gasteiger partial charge on any atom is 0.263 e. The minimum Gasteiger partial charge on any atom is -0.375 e. The van der Waals surface area contributed by atoms with Crippen molar-refractivity contribution in [2.75, 3.05) is 44.2 Å². The minimum absolute atomic E-state index is 0.260. The molecule has 0 amide bonds. The van der Waals surface area contributed by atoms with Gasteiger partial charge in [0.15, 0.2) is 0 Å². The van der Waals surface area contributed by atoms with Crippen LogP contribution in [-0.4, -0.2) is 65.5 Å². The molecule has 3 heterocycles. The van der Waals surface area contributed by atoms with Gasteiger partial charge in [0.1, 0.15) is 17.5 Å². The monoisotopic (exact) mass is 319 g/mol. The van der Waals surface area contributed by atoms with Crippen molar-refractivity contribution in [1.29, 1.82) is 0 Å². The van der Waals surface area contributed by atoms with Gasteiger partial charge >= 0.3 is 0 Å². The lowest BCUT2D eigenvalue weighted by Gasteiger charge is -2.20. The predicted octanol–water partition coefficient (Wildman–Crippen LogP) is 1.86. The van der Waals surface area contributed by atoms with Crippen LogP contribution in [0.15, 0.2) is 10.9 Å². The summed E-state index contributed by atoms with van der Waals surface area (Å²) in [6.07, 6.45) is 2.82. The van der Waals surface area contributed by atoms with Crippen LogP contribution in [0.4, 0.5) is 5.82 Å². The van der Waals surface area contributed by atoms with Crippen molar-refractivity contribution in [3.63, 3.8) is 0 Å². The normalized spacial score (nSPS) is 18.4. The average molecular weight is 319 g/mol. The van der Waals surface area contributed by atoms with Gasteiger partial charge < -0.3 is 19.1 Å². The van der Waals surface area contributed by atoms with Crippen molar-refractivity contribution in [3.05, 3.63) is 12.0 Å². The van der Waals surface area contributed by atoms with E-state index in [0.717, 1.165) is 62.6 Å². The van der Waals surface area contributed by atoms with Gasteiger partial charge in [-0.15, -0.1) is 0 Å². The van der Waals surface area contributed by atoms with Gasteiger partial charge in [0.05, 0.1) is 18.4 Å². The summed E-state index contributed by atoms with van der Waals surface area (Å²) < 4.78 is 11.3. The van der Waals surface area contributed by atoms with Crippen LogP contribution < -0.4 is 4.90 Å². The van der Waals surface area contributed by atoms with Crippen molar-refractivity contribution < 1.29 is 9.26 Å². The lowest BCUT2D eigenvalue weighted by atomic mass is 10.3. The summed E-state index contributed by atoms with van der Waals surface area (Å²) >= 11 is 0. The Morgan fingerprint density at radius 1 is 1.35 bits per heavy atom. The molecule has 0 N–H and O–H groups in total. The highest BCUT2D eigenvalue weighted by atomic mass is 16.5. The van der Waals surface area contributed by atoms with Gasteiger partial charge in [-0.25, -0.2) is 4.98 Å². The maximum atomic E-state index is 6.05. The third-order valence-corrected chi connectivity index (χ3v) is 4.52. The summed E-state index contributed by atoms with van der Waals surface area (Å²) in [6, 6.07) is 0. The molecular formula is C16H25N5O2. The molecule has 3 rings (SSSR count). The first-order valence-corrected chi connectivity index (χ1v) is 8.38. The SMILES string of the molecule is CCN(CC)CCO[C@@H]1CCN(c2ncnc3onc(C)c23)C1. The van der Waals surface area contributed by atoms with E-state index in [-0.39, 0.29) is 6.10 Å². The van der Waals surface area contributed by atoms with Crippen LogP contribution in [0.3, 0.4) is 0 Å². The number of rotatable bonds is 7. The highest BCUT2D eigenvalue weighted by Crippen LogP contribution is 2.28. The number of fused-ring (bicyclic) bond motifs is 1. The van der Waals surface area contributed by atoms with Crippen molar-refractivity contribution in [2.45, 2.75) is 33.3 Å². The van der Waals surface area contributed by atoms with E-state index >= 15 is 0 Å². The first-order valence-electron chi connectivity index (χ1n) is 8.38. The smallest absolute Gasteiger partial charge is 0.263 e. The Kier molecular flexibility index (Phi) is 5.07. The summed E-state index contributed by atoms with van der Waals surface area (Å²) in [7, 11) is 0. The number of anilines is 1. The molecule has 1 saturated heterocycles. The summed E-state index contributed by atoms with van der Waals surface area (Å²) in [5.74, 6) is 0.906. The maximum absolute atomic E-state index is 6.05. The van der Waals surface area contributed by atoms with Crippen molar-refractivity contribution in [2.24, 2.45) is 0 Å². The quantitative estimate of drug-likeness (QED) is 0.771. The Hall–Kier alpha value is -1.73. The van der Waals surface area contributed by atoms with Gasteiger partial charge in [0.2, 0.25) is 0 Å². The molecule has 0 saturated carbocycles. The molecular weight excluding hydrogens is 294 g/mol. The topological polar surface area (TPSA) is 67.5 Å². The number of aryl methyl sites for hydroxylation is 1. The molecule has 0 spiro atoms. The molecule has 1 aliphatic heterocycles. The molecule has 1 atom stereocenters. The molecule has 0 unspecified atom stereocenters. The predicted molar refractivity (Wildman–Crippen MR) is 88.7 cm³/mol. The number of aromatic nitrogens is 3. The number of likely N-dealkylation sites (N-methyl/N-ethyl adjacent to an activating group) is 1. The number of hydrogen-bond acceptors (Lipinski definition) is 7. The van der Waals surface area contributed by atoms with Crippen LogP contribution in [0.2, 0.25) is 0 Å². The van der Waals surface area contributed by atoms with Crippen LogP contribution in [0.25, 0.3) is 11.1 Å². The number of nitrogens with zero attached hydrogens (tertiary/aromatic N) is 5. The Labute approximate surface area is 136 Å². The molecule has 0 bridgehead atoms. The summed E-state index contributed by atoms with van der Waals surface area (Å²) in [4.78, 5) is 13.2. The van der Waals surface area contributed by atoms with Crippen LogP contribution in [0, 0.1) is 6.92 Å². The van der Waals surface area contributed by atoms with Crippen LogP contribution >= 0.6 is 0 Å². The first-order chi connectivity index (χ1) is 11.2. The number of hydrogen-bond donors (Lipinski definition) is 0. The molecule has 7 heteroatoms. The average Bonchev–Trinajstić information content (AvgIpc) is 3.19. The second-order valence-electron chi connectivity index (χ2n) is 5.90. The van der Waals surface area contributed by atoms with Gasteiger partial charge in [-0.05, 0) is 26.4 Å². The standard InChI is InChI=1S/C16H25N5O2/c1-4-20(5-2)8-9-22-13-6-7-21(10-13)15-14-12(3)19-23-16(14)18-11-17-15/h11,13H,4-10H2,1-3H3/t13-/m1/s1. The molecule has 126 valence electrons. The van der Waals surface area contributed by atoms with Gasteiger partial charge in [-0.2, -0.15) is 4.98 Å². The molecule has 1 aliphatic rings. The third-order valence-electron chi connectivity index (χ3n) is 4.52. The fraction of sp³-hybridized carbons (Fsp3) is 0.688. The molecule has 0 aliphatic carbocycles. The van der Waals surface area contributed by atoms with Crippen LogP contribution in [-0.2, 0) is 4.74 Å². The van der Waals surface area contributed by atoms with Crippen LogP contribution in [0.5, 0.6) is 0 Å². The Balaban J connectivity index is 1.60. The van der Waals surface area contributed by atoms with E-state index in [0.29, 0.717) is 5.71 Å². The fourth-order valence-electron chi connectivity index (χ4n) is 3.09. The summed E-state index contributed by atoms with van der Waals surface area (Å²) in [5.41, 5.74) is 1.39. The van der Waals surface area contributed by atoms with Crippen molar-refractivity contribution >= 4 is 16.9 Å². The largest absolute Gasteiger partial charge is 0.375 e. The highest BCUT2D eigenvalue weighted by Gasteiger charge is 2.27. The first kappa shape index (κ1) is 16.1. The van der Waals surface area contributed by atoms with E-state index < -0.39 is 0 Å². The zero-order valence-electron chi connectivity index (χ0n) is 14.2. The van der Waals surface area contributed by atoms with Gasteiger partial charge in [-0.1, -0.05) is 19.0 Å². The molecule has 0 aromatic carbocycles. The van der Waals surface area contributed by atoms with E-state index in [1.807, 2.05) is 6.92 Å². The molecule has 2 aromatic rings. The van der Waals surface area contributed by atoms with E-state index in [9.17, 15) is 0 Å². The molecule has 23 heavy (non-hydrogen) atoms. The molecule has 2 aromatic heterocycles. The van der Waals surface area contributed by atoms with E-state index in [4.69, 9.17) is 9.26 Å². The molecule has 1 fully saturated rings. The lowest BCUT2D eigenvalue weighted by molar-refractivity contribution is 0.0520. The third kappa shape index (κ3) is 3.45. The van der Waals surface area contributed by atoms with Gasteiger partial charge in [0.25, 0.3) is 5.71 Å². The van der Waals surface area contributed by atoms with E-state index in [2.05, 4.69) is 38.8 Å². The van der Waals surface area contributed by atoms with Crippen LogP contribution in [0.1, 0.15) is 26.0 Å². The second-order valence-corrected chi connectivity index (χ2v) is 5.90. The number of ether oxygens (including phenoxy) is 1. The Morgan fingerprint density at radius 2 is 2.17 bits per heavy atom. The summed E-state index contributed by atoms with van der Waals surface area (Å²) in [5, 5.41) is 4.91. The minimum atomic E-state index is 0.260. The Bertz CT molecular complexity index is 640. The molecule has 7 nitrogen and oxygen atoms in total. The van der Waals surface area contributed by atoms with E-state index in [1.165, 1.54) is 6.33 Å². The van der Waals surface area contributed by atoms with Crippen molar-refractivity contribution in [1.82, 2.24) is 20.0 Å². The Morgan fingerprint density at radius 3 is 2.96 bits per heavy atom. The zero-order chi connectivity index (χ0) is 16.2. The molecule has 0 radical (unpaired) electrons. The van der Waals surface area contributed by atoms with Crippen molar-refractivity contribution in [3.8, 4) is 0 Å².